The highest BCUT2D eigenvalue weighted by Gasteiger charge is 2.31. The van der Waals surface area contributed by atoms with Crippen molar-refractivity contribution in [3.63, 3.8) is 0 Å². The summed E-state index contributed by atoms with van der Waals surface area (Å²) in [5.41, 5.74) is 1.53. The number of ether oxygens (including phenoxy) is 2. The summed E-state index contributed by atoms with van der Waals surface area (Å²) in [6.07, 6.45) is 1.60. The third-order valence-corrected chi connectivity index (χ3v) is 5.70. The van der Waals surface area contributed by atoms with Crippen molar-refractivity contribution in [2.75, 3.05) is 0 Å². The molecule has 0 bridgehead atoms. The second-order valence-electron chi connectivity index (χ2n) is 9.26. The monoisotopic (exact) mass is 488 g/mol. The van der Waals surface area contributed by atoms with Crippen molar-refractivity contribution in [1.29, 1.82) is 0 Å². The highest BCUT2D eigenvalue weighted by atomic mass is 19.2. The van der Waals surface area contributed by atoms with E-state index in [1.54, 1.807) is 13.0 Å². The maximum absolute atomic E-state index is 13.9. The van der Waals surface area contributed by atoms with Crippen molar-refractivity contribution >= 4 is 11.9 Å². The number of carbonyl (C=O) groups is 1. The molecule has 0 aromatic heterocycles. The molecule has 3 aromatic carbocycles. The molecule has 35 heavy (non-hydrogen) atoms. The van der Waals surface area contributed by atoms with Gasteiger partial charge in [-0.15, -0.1) is 0 Å². The first-order chi connectivity index (χ1) is 16.4. The van der Waals surface area contributed by atoms with Gasteiger partial charge < -0.3 is 9.47 Å². The van der Waals surface area contributed by atoms with Gasteiger partial charge in [0.05, 0.1) is 11.1 Å². The first kappa shape index (κ1) is 24.4. The summed E-state index contributed by atoms with van der Waals surface area (Å²) in [6.45, 7) is 6.98. The molecule has 0 saturated carbocycles. The van der Waals surface area contributed by atoms with Gasteiger partial charge in [0.25, 0.3) is 0 Å². The summed E-state index contributed by atoms with van der Waals surface area (Å²) in [7, 11) is 0. The predicted molar refractivity (Wildman–Crippen MR) is 120 cm³/mol. The number of fused-ring (bicyclic) bond motifs is 1. The standard InChI is InChI=1S/C27H21F5O3/c1-13-9-16(34-12-17-21(28)23(30)25(32)24(31)22(17)29)11-18-20(13)26(33)19(35-18)10-14-5-7-15(8-6-14)27(2,3)4/h5-11H,12H2,1-4H3/b19-10-. The molecule has 182 valence electrons. The second kappa shape index (κ2) is 8.83. The van der Waals surface area contributed by atoms with E-state index in [0.717, 1.165) is 11.1 Å². The Balaban J connectivity index is 1.58. The molecule has 0 radical (unpaired) electrons. The summed E-state index contributed by atoms with van der Waals surface area (Å²) in [5.74, 6) is -10.3. The van der Waals surface area contributed by atoms with E-state index in [2.05, 4.69) is 20.8 Å². The van der Waals surface area contributed by atoms with Gasteiger partial charge in [0.15, 0.2) is 29.0 Å². The van der Waals surface area contributed by atoms with E-state index < -0.39 is 41.3 Å². The van der Waals surface area contributed by atoms with Gasteiger partial charge in [-0.25, -0.2) is 22.0 Å². The van der Waals surface area contributed by atoms with Gasteiger partial charge in [-0.05, 0) is 41.2 Å². The van der Waals surface area contributed by atoms with Crippen LogP contribution in [0.25, 0.3) is 6.08 Å². The summed E-state index contributed by atoms with van der Waals surface area (Å²) in [5, 5.41) is 0. The minimum Gasteiger partial charge on any atom is -0.489 e. The highest BCUT2D eigenvalue weighted by Crippen LogP contribution is 2.38. The average Bonchev–Trinajstić information content (AvgIpc) is 3.11. The molecule has 0 N–H and O–H groups in total. The minimum absolute atomic E-state index is 0.0214. The lowest BCUT2D eigenvalue weighted by Gasteiger charge is -2.18. The predicted octanol–water partition coefficient (Wildman–Crippen LogP) is 7.18. The number of rotatable bonds is 4. The molecule has 0 spiro atoms. The molecular weight excluding hydrogens is 467 g/mol. The Morgan fingerprint density at radius 3 is 2.03 bits per heavy atom. The minimum atomic E-state index is -2.24. The molecule has 0 unspecified atom stereocenters. The highest BCUT2D eigenvalue weighted by molar-refractivity contribution is 6.15. The zero-order valence-corrected chi connectivity index (χ0v) is 19.4. The van der Waals surface area contributed by atoms with Gasteiger partial charge in [0.1, 0.15) is 18.1 Å². The van der Waals surface area contributed by atoms with E-state index in [-0.39, 0.29) is 28.5 Å². The Kier molecular flexibility index (Phi) is 6.17. The summed E-state index contributed by atoms with van der Waals surface area (Å²) in [6, 6.07) is 10.4. The molecule has 3 aromatic rings. The van der Waals surface area contributed by atoms with E-state index >= 15 is 0 Å². The second-order valence-corrected chi connectivity index (χ2v) is 9.26. The normalized spacial score (nSPS) is 14.3. The van der Waals surface area contributed by atoms with Gasteiger partial charge in [-0.3, -0.25) is 4.79 Å². The van der Waals surface area contributed by atoms with Gasteiger partial charge in [-0.2, -0.15) is 0 Å². The lowest BCUT2D eigenvalue weighted by Crippen LogP contribution is -2.10. The molecule has 0 amide bonds. The van der Waals surface area contributed by atoms with Crippen LogP contribution in [0.2, 0.25) is 0 Å². The van der Waals surface area contributed by atoms with Crippen LogP contribution in [-0.2, 0) is 12.0 Å². The molecule has 0 atom stereocenters. The number of allylic oxidation sites excluding steroid dienone is 1. The first-order valence-corrected chi connectivity index (χ1v) is 10.7. The van der Waals surface area contributed by atoms with E-state index in [9.17, 15) is 26.7 Å². The molecule has 0 fully saturated rings. The fourth-order valence-electron chi connectivity index (χ4n) is 3.72. The van der Waals surface area contributed by atoms with Crippen molar-refractivity contribution in [1.82, 2.24) is 0 Å². The van der Waals surface area contributed by atoms with Crippen LogP contribution in [0.3, 0.4) is 0 Å². The molecule has 3 nitrogen and oxygen atoms in total. The lowest BCUT2D eigenvalue weighted by molar-refractivity contribution is 0.101. The molecule has 0 aliphatic carbocycles. The van der Waals surface area contributed by atoms with Gasteiger partial charge in [0, 0.05) is 6.07 Å². The van der Waals surface area contributed by atoms with Crippen LogP contribution in [0.4, 0.5) is 22.0 Å². The zero-order chi connectivity index (χ0) is 25.7. The Hall–Kier alpha value is -3.68. The largest absolute Gasteiger partial charge is 0.489 e. The van der Waals surface area contributed by atoms with Gasteiger partial charge in [0.2, 0.25) is 11.6 Å². The van der Waals surface area contributed by atoms with Crippen LogP contribution in [0.15, 0.2) is 42.2 Å². The first-order valence-electron chi connectivity index (χ1n) is 10.7. The summed E-state index contributed by atoms with van der Waals surface area (Å²) >= 11 is 0. The Bertz CT molecular complexity index is 1340. The SMILES string of the molecule is Cc1cc(OCc2c(F)c(F)c(F)c(F)c2F)cc2c1C(=O)/C(=C/c1ccc(C(C)(C)C)cc1)O2. The van der Waals surface area contributed by atoms with Gasteiger partial charge in [-0.1, -0.05) is 45.0 Å². The van der Waals surface area contributed by atoms with Crippen molar-refractivity contribution in [2.24, 2.45) is 0 Å². The number of halogens is 5. The quantitative estimate of drug-likeness (QED) is 0.169. The number of hydrogen-bond acceptors (Lipinski definition) is 3. The van der Waals surface area contributed by atoms with Crippen molar-refractivity contribution in [2.45, 2.75) is 39.7 Å². The van der Waals surface area contributed by atoms with Crippen molar-refractivity contribution in [3.05, 3.63) is 99.1 Å². The number of aryl methyl sites for hydroxylation is 1. The third kappa shape index (κ3) is 4.52. The molecule has 4 rings (SSSR count). The third-order valence-electron chi connectivity index (χ3n) is 5.70. The lowest BCUT2D eigenvalue weighted by atomic mass is 9.86. The molecule has 0 saturated heterocycles. The Morgan fingerprint density at radius 2 is 1.46 bits per heavy atom. The average molecular weight is 488 g/mol. The molecule has 1 aliphatic rings. The Morgan fingerprint density at radius 1 is 0.886 bits per heavy atom. The number of hydrogen-bond donors (Lipinski definition) is 0. The van der Waals surface area contributed by atoms with Crippen molar-refractivity contribution < 1.29 is 36.2 Å². The Labute approximate surface area is 198 Å². The number of Topliss-reactive ketones (excluding diaryl/α,β-unsaturated/α-hetero) is 1. The zero-order valence-electron chi connectivity index (χ0n) is 19.4. The molecular formula is C27H21F5O3. The van der Waals surface area contributed by atoms with Crippen LogP contribution in [0.1, 0.15) is 53.4 Å². The number of carbonyl (C=O) groups excluding carboxylic acids is 1. The molecule has 1 aliphatic heterocycles. The van der Waals surface area contributed by atoms with Crippen LogP contribution < -0.4 is 9.47 Å². The molecule has 8 heteroatoms. The topological polar surface area (TPSA) is 35.5 Å². The van der Waals surface area contributed by atoms with Crippen LogP contribution in [0, 0.1) is 36.0 Å². The summed E-state index contributed by atoms with van der Waals surface area (Å²) < 4.78 is 79.0. The fraction of sp³-hybridized carbons (Fsp3) is 0.222. The van der Waals surface area contributed by atoms with E-state index in [0.29, 0.717) is 11.1 Å². The maximum Gasteiger partial charge on any atom is 0.232 e. The molecule has 1 heterocycles. The van der Waals surface area contributed by atoms with Gasteiger partial charge >= 0.3 is 0 Å². The maximum atomic E-state index is 13.9. The number of ketones is 1. The van der Waals surface area contributed by atoms with E-state index in [4.69, 9.17) is 9.47 Å². The van der Waals surface area contributed by atoms with E-state index in [1.165, 1.54) is 12.1 Å². The summed E-state index contributed by atoms with van der Waals surface area (Å²) in [4.78, 5) is 12.9. The fourth-order valence-corrected chi connectivity index (χ4v) is 3.72. The van der Waals surface area contributed by atoms with Crippen molar-refractivity contribution in [3.8, 4) is 11.5 Å². The number of benzene rings is 3. The van der Waals surface area contributed by atoms with Crippen LogP contribution in [-0.4, -0.2) is 5.78 Å². The van der Waals surface area contributed by atoms with E-state index in [1.807, 2.05) is 24.3 Å². The van der Waals surface area contributed by atoms with Crippen LogP contribution >= 0.6 is 0 Å². The smallest absolute Gasteiger partial charge is 0.232 e. The van der Waals surface area contributed by atoms with Crippen LogP contribution in [0.5, 0.6) is 11.5 Å².